The molecule has 1 fully saturated rings. The average Bonchev–Trinajstić information content (AvgIpc) is 2.77. The predicted molar refractivity (Wildman–Crippen MR) is 113 cm³/mol. The highest BCUT2D eigenvalue weighted by Gasteiger charge is 2.17. The Morgan fingerprint density at radius 3 is 2.43 bits per heavy atom. The number of amides is 1. The van der Waals surface area contributed by atoms with Crippen molar-refractivity contribution in [3.05, 3.63) is 71.3 Å². The van der Waals surface area contributed by atoms with Crippen molar-refractivity contribution in [2.45, 2.75) is 38.5 Å². The largest absolute Gasteiger partial charge is 0.356 e. The highest BCUT2D eigenvalue weighted by Crippen LogP contribution is 2.19. The van der Waals surface area contributed by atoms with E-state index >= 15 is 0 Å². The van der Waals surface area contributed by atoms with Crippen molar-refractivity contribution in [1.29, 1.82) is 0 Å². The molecule has 4 heteroatoms. The standard InChI is InChI=1S/C24H30N2O2/c1-19(24(28)25-14-9-17-26-15-6-3-7-16-26)21-12-8-13-22(18-21)23(27)20-10-4-2-5-11-20/h2,4-5,8,10-13,18-19H,3,6-7,9,14-17H2,1H3,(H,25,28)/t19-/m0/s1. The Labute approximate surface area is 167 Å². The van der Waals surface area contributed by atoms with Crippen molar-refractivity contribution in [3.8, 4) is 0 Å². The van der Waals surface area contributed by atoms with Crippen LogP contribution in [0.1, 0.15) is 60.0 Å². The highest BCUT2D eigenvalue weighted by molar-refractivity contribution is 6.09. The molecule has 28 heavy (non-hydrogen) atoms. The Balaban J connectivity index is 1.52. The predicted octanol–water partition coefficient (Wildman–Crippen LogP) is 4.01. The number of hydrogen-bond acceptors (Lipinski definition) is 3. The Kier molecular flexibility index (Phi) is 7.38. The number of nitrogens with zero attached hydrogens (tertiary/aromatic N) is 1. The maximum atomic E-state index is 12.6. The number of benzene rings is 2. The van der Waals surface area contributed by atoms with Crippen LogP contribution in [0.15, 0.2) is 54.6 Å². The molecule has 2 aromatic carbocycles. The summed E-state index contributed by atoms with van der Waals surface area (Å²) >= 11 is 0. The number of ketones is 1. The van der Waals surface area contributed by atoms with Crippen molar-refractivity contribution in [3.63, 3.8) is 0 Å². The summed E-state index contributed by atoms with van der Waals surface area (Å²) in [5.74, 6) is -0.280. The van der Waals surface area contributed by atoms with E-state index in [2.05, 4.69) is 10.2 Å². The lowest BCUT2D eigenvalue weighted by Crippen LogP contribution is -2.34. The van der Waals surface area contributed by atoms with Gasteiger partial charge in [-0.2, -0.15) is 0 Å². The van der Waals surface area contributed by atoms with Crippen molar-refractivity contribution >= 4 is 11.7 Å². The SMILES string of the molecule is C[C@H](C(=O)NCCCN1CCCCC1)c1cccc(C(=O)c2ccccc2)c1. The van der Waals surface area contributed by atoms with Gasteiger partial charge in [0.25, 0.3) is 0 Å². The number of nitrogens with one attached hydrogen (secondary N) is 1. The lowest BCUT2D eigenvalue weighted by molar-refractivity contribution is -0.122. The van der Waals surface area contributed by atoms with Crippen LogP contribution in [0.3, 0.4) is 0 Å². The molecule has 0 bridgehead atoms. The third kappa shape index (κ3) is 5.52. The molecule has 0 unspecified atom stereocenters. The monoisotopic (exact) mass is 378 g/mol. The maximum absolute atomic E-state index is 12.6. The van der Waals surface area contributed by atoms with Crippen molar-refractivity contribution in [1.82, 2.24) is 10.2 Å². The summed E-state index contributed by atoms with van der Waals surface area (Å²) in [4.78, 5) is 27.7. The van der Waals surface area contributed by atoms with Gasteiger partial charge in [-0.05, 0) is 57.5 Å². The van der Waals surface area contributed by atoms with Gasteiger partial charge in [0, 0.05) is 17.7 Å². The fraction of sp³-hybridized carbons (Fsp3) is 0.417. The molecule has 0 saturated carbocycles. The zero-order chi connectivity index (χ0) is 19.8. The number of carbonyl (C=O) groups excluding carboxylic acids is 2. The molecule has 1 heterocycles. The normalized spacial score (nSPS) is 15.8. The van der Waals surface area contributed by atoms with Gasteiger partial charge in [-0.15, -0.1) is 0 Å². The summed E-state index contributed by atoms with van der Waals surface area (Å²) in [6, 6.07) is 16.7. The van der Waals surface area contributed by atoms with E-state index < -0.39 is 0 Å². The molecule has 1 atom stereocenters. The molecule has 2 aromatic rings. The van der Waals surface area contributed by atoms with Gasteiger partial charge in [-0.1, -0.05) is 55.0 Å². The summed E-state index contributed by atoms with van der Waals surface area (Å²) in [5, 5.41) is 3.05. The molecular formula is C24H30N2O2. The lowest BCUT2D eigenvalue weighted by Gasteiger charge is -2.26. The van der Waals surface area contributed by atoms with Gasteiger partial charge in [-0.25, -0.2) is 0 Å². The van der Waals surface area contributed by atoms with Crippen LogP contribution in [0.2, 0.25) is 0 Å². The highest BCUT2D eigenvalue weighted by atomic mass is 16.1. The first kappa shape index (κ1) is 20.3. The van der Waals surface area contributed by atoms with Crippen LogP contribution in [-0.2, 0) is 4.79 Å². The van der Waals surface area contributed by atoms with Gasteiger partial charge in [0.05, 0.1) is 5.92 Å². The van der Waals surface area contributed by atoms with E-state index in [9.17, 15) is 9.59 Å². The zero-order valence-corrected chi connectivity index (χ0v) is 16.7. The van der Waals surface area contributed by atoms with Crippen molar-refractivity contribution in [2.24, 2.45) is 0 Å². The number of hydrogen-bond donors (Lipinski definition) is 1. The van der Waals surface area contributed by atoms with E-state index in [1.165, 1.54) is 32.4 Å². The van der Waals surface area contributed by atoms with Crippen LogP contribution in [0, 0.1) is 0 Å². The molecule has 0 aromatic heterocycles. The minimum absolute atomic E-state index is 0.0166. The topological polar surface area (TPSA) is 49.4 Å². The zero-order valence-electron chi connectivity index (χ0n) is 16.7. The minimum Gasteiger partial charge on any atom is -0.356 e. The van der Waals surface area contributed by atoms with Crippen LogP contribution in [0.25, 0.3) is 0 Å². The van der Waals surface area contributed by atoms with Gasteiger partial charge >= 0.3 is 0 Å². The van der Waals surface area contributed by atoms with E-state index in [4.69, 9.17) is 0 Å². The van der Waals surface area contributed by atoms with Crippen LogP contribution >= 0.6 is 0 Å². The van der Waals surface area contributed by atoms with Gasteiger partial charge in [-0.3, -0.25) is 9.59 Å². The molecule has 1 N–H and O–H groups in total. The first-order valence-corrected chi connectivity index (χ1v) is 10.3. The van der Waals surface area contributed by atoms with Gasteiger partial charge < -0.3 is 10.2 Å². The molecule has 0 spiro atoms. The molecule has 1 amide bonds. The third-order valence-corrected chi connectivity index (χ3v) is 5.48. The van der Waals surface area contributed by atoms with Gasteiger partial charge in [0.1, 0.15) is 0 Å². The number of piperidine rings is 1. The fourth-order valence-electron chi connectivity index (χ4n) is 3.71. The first-order valence-electron chi connectivity index (χ1n) is 10.3. The fourth-order valence-corrected chi connectivity index (χ4v) is 3.71. The Hall–Kier alpha value is -2.46. The van der Waals surface area contributed by atoms with Crippen LogP contribution in [0.5, 0.6) is 0 Å². The Morgan fingerprint density at radius 1 is 0.964 bits per heavy atom. The van der Waals surface area contributed by atoms with E-state index in [-0.39, 0.29) is 17.6 Å². The second-order valence-electron chi connectivity index (χ2n) is 7.59. The second kappa shape index (κ2) is 10.2. The maximum Gasteiger partial charge on any atom is 0.227 e. The quantitative estimate of drug-likeness (QED) is 0.558. The molecule has 148 valence electrons. The lowest BCUT2D eigenvalue weighted by atomic mass is 9.95. The van der Waals surface area contributed by atoms with Gasteiger partial charge in [0.2, 0.25) is 5.91 Å². The van der Waals surface area contributed by atoms with E-state index in [0.717, 1.165) is 18.5 Å². The molecule has 1 aliphatic heterocycles. The summed E-state index contributed by atoms with van der Waals surface area (Å²) in [7, 11) is 0. The smallest absolute Gasteiger partial charge is 0.227 e. The van der Waals surface area contributed by atoms with Crippen LogP contribution in [0.4, 0.5) is 0 Å². The van der Waals surface area contributed by atoms with Crippen LogP contribution in [-0.4, -0.2) is 42.8 Å². The summed E-state index contributed by atoms with van der Waals surface area (Å²) in [6.07, 6.45) is 4.91. The van der Waals surface area contributed by atoms with Crippen molar-refractivity contribution < 1.29 is 9.59 Å². The van der Waals surface area contributed by atoms with Crippen molar-refractivity contribution in [2.75, 3.05) is 26.2 Å². The molecule has 0 radical (unpaired) electrons. The molecule has 3 rings (SSSR count). The number of likely N-dealkylation sites (tertiary alicyclic amines) is 1. The third-order valence-electron chi connectivity index (χ3n) is 5.48. The average molecular weight is 379 g/mol. The van der Waals surface area contributed by atoms with Gasteiger partial charge in [0.15, 0.2) is 5.78 Å². The van der Waals surface area contributed by atoms with E-state index in [1.54, 1.807) is 0 Å². The summed E-state index contributed by atoms with van der Waals surface area (Å²) in [6.45, 7) is 6.02. The number of carbonyl (C=O) groups is 2. The molecular weight excluding hydrogens is 348 g/mol. The minimum atomic E-state index is -0.279. The van der Waals surface area contributed by atoms with Crippen LogP contribution < -0.4 is 5.32 Å². The first-order chi connectivity index (χ1) is 13.6. The summed E-state index contributed by atoms with van der Waals surface area (Å²) in [5.41, 5.74) is 2.15. The molecule has 1 aliphatic rings. The number of rotatable bonds is 8. The molecule has 0 aliphatic carbocycles. The Bertz CT molecular complexity index is 782. The molecule has 1 saturated heterocycles. The summed E-state index contributed by atoms with van der Waals surface area (Å²) < 4.78 is 0. The molecule has 4 nitrogen and oxygen atoms in total. The van der Waals surface area contributed by atoms with E-state index in [0.29, 0.717) is 17.7 Å². The second-order valence-corrected chi connectivity index (χ2v) is 7.59. The Morgan fingerprint density at radius 2 is 1.68 bits per heavy atom. The van der Waals surface area contributed by atoms with E-state index in [1.807, 2.05) is 61.5 Å².